The van der Waals surface area contributed by atoms with E-state index in [1.165, 1.54) is 83.5 Å². The lowest BCUT2D eigenvalue weighted by atomic mass is 10.0. The van der Waals surface area contributed by atoms with E-state index in [0.717, 1.165) is 76.0 Å². The highest BCUT2D eigenvalue weighted by Crippen LogP contribution is 2.15. The number of carbonyl (C=O) groups is 3. The summed E-state index contributed by atoms with van der Waals surface area (Å²) in [5.41, 5.74) is 0. The van der Waals surface area contributed by atoms with Crippen LogP contribution in [-0.2, 0) is 28.6 Å². The summed E-state index contributed by atoms with van der Waals surface area (Å²) in [7, 11) is 0. The largest absolute Gasteiger partial charge is 0.462 e. The fraction of sp³-hybridized carbons (Fsp3) is 0.923. The van der Waals surface area contributed by atoms with Crippen LogP contribution in [0.5, 0.6) is 0 Å². The molecule has 0 saturated carbocycles. The lowest BCUT2D eigenvalue weighted by molar-refractivity contribution is -0.167. The van der Waals surface area contributed by atoms with Gasteiger partial charge in [-0.1, -0.05) is 163 Å². The Balaban J connectivity index is 4.22. The summed E-state index contributed by atoms with van der Waals surface area (Å²) in [5, 5.41) is 0. The number of unbranched alkanes of at least 4 members (excludes halogenated alkanes) is 18. The first-order valence-corrected chi connectivity index (χ1v) is 19.2. The predicted molar refractivity (Wildman–Crippen MR) is 187 cm³/mol. The van der Waals surface area contributed by atoms with E-state index in [1.807, 2.05) is 0 Å². The second-order valence-electron chi connectivity index (χ2n) is 14.2. The second-order valence-corrected chi connectivity index (χ2v) is 14.2. The van der Waals surface area contributed by atoms with Crippen LogP contribution < -0.4 is 0 Å². The van der Waals surface area contributed by atoms with Crippen LogP contribution in [0.1, 0.15) is 202 Å². The van der Waals surface area contributed by atoms with Gasteiger partial charge in [0.25, 0.3) is 0 Å². The van der Waals surface area contributed by atoms with Crippen molar-refractivity contribution in [2.45, 2.75) is 208 Å². The van der Waals surface area contributed by atoms with Crippen LogP contribution in [0.25, 0.3) is 0 Å². The normalized spacial score (nSPS) is 12.1. The molecular formula is C39H74O6. The summed E-state index contributed by atoms with van der Waals surface area (Å²) in [6, 6.07) is 0. The van der Waals surface area contributed by atoms with E-state index in [9.17, 15) is 14.4 Å². The number of hydrogen-bond donors (Lipinski definition) is 0. The Hall–Kier alpha value is -1.59. The average Bonchev–Trinajstić information content (AvgIpc) is 2.99. The summed E-state index contributed by atoms with van der Waals surface area (Å²) in [4.78, 5) is 37.1. The zero-order chi connectivity index (χ0) is 33.4. The van der Waals surface area contributed by atoms with Crippen molar-refractivity contribution in [3.63, 3.8) is 0 Å². The first kappa shape index (κ1) is 43.4. The van der Waals surface area contributed by atoms with Crippen LogP contribution in [-0.4, -0.2) is 37.2 Å². The van der Waals surface area contributed by atoms with Crippen LogP contribution >= 0.6 is 0 Å². The fourth-order valence-electron chi connectivity index (χ4n) is 5.52. The van der Waals surface area contributed by atoms with Gasteiger partial charge in [0.1, 0.15) is 13.2 Å². The maximum absolute atomic E-state index is 12.4. The number of rotatable bonds is 33. The van der Waals surface area contributed by atoms with E-state index in [4.69, 9.17) is 14.2 Å². The molecule has 0 aromatic carbocycles. The van der Waals surface area contributed by atoms with E-state index in [1.54, 1.807) is 0 Å². The lowest BCUT2D eigenvalue weighted by Gasteiger charge is -2.18. The summed E-state index contributed by atoms with van der Waals surface area (Å²) in [6.45, 7) is 11.1. The Morgan fingerprint density at radius 2 is 0.733 bits per heavy atom. The van der Waals surface area contributed by atoms with E-state index >= 15 is 0 Å². The molecule has 0 aliphatic rings. The molecule has 0 unspecified atom stereocenters. The molecule has 0 fully saturated rings. The fourth-order valence-corrected chi connectivity index (χ4v) is 5.52. The molecule has 0 N–H and O–H groups in total. The molecular weight excluding hydrogens is 564 g/mol. The minimum atomic E-state index is -0.757. The molecule has 45 heavy (non-hydrogen) atoms. The van der Waals surface area contributed by atoms with Crippen molar-refractivity contribution in [3.05, 3.63) is 0 Å². The average molecular weight is 639 g/mol. The van der Waals surface area contributed by atoms with Gasteiger partial charge in [0.15, 0.2) is 6.10 Å². The maximum Gasteiger partial charge on any atom is 0.306 e. The van der Waals surface area contributed by atoms with Gasteiger partial charge in [-0.2, -0.15) is 0 Å². The van der Waals surface area contributed by atoms with Crippen LogP contribution in [0.4, 0.5) is 0 Å². The zero-order valence-corrected chi connectivity index (χ0v) is 30.5. The minimum absolute atomic E-state index is 0.0682. The van der Waals surface area contributed by atoms with Gasteiger partial charge in [-0.05, 0) is 31.1 Å². The Kier molecular flexibility index (Phi) is 31.2. The van der Waals surface area contributed by atoms with Crippen molar-refractivity contribution >= 4 is 17.9 Å². The van der Waals surface area contributed by atoms with Crippen LogP contribution in [0, 0.1) is 11.8 Å². The summed E-state index contributed by atoms with van der Waals surface area (Å²) < 4.78 is 16.5. The third-order valence-electron chi connectivity index (χ3n) is 8.47. The van der Waals surface area contributed by atoms with Gasteiger partial charge in [0.2, 0.25) is 0 Å². The van der Waals surface area contributed by atoms with Crippen molar-refractivity contribution in [1.82, 2.24) is 0 Å². The highest BCUT2D eigenvalue weighted by molar-refractivity contribution is 5.71. The highest BCUT2D eigenvalue weighted by atomic mass is 16.6. The maximum atomic E-state index is 12.4. The van der Waals surface area contributed by atoms with Crippen LogP contribution in [0.15, 0.2) is 0 Å². The molecule has 6 nitrogen and oxygen atoms in total. The first-order valence-electron chi connectivity index (χ1n) is 19.2. The van der Waals surface area contributed by atoms with Gasteiger partial charge < -0.3 is 14.2 Å². The Morgan fingerprint density at radius 1 is 0.422 bits per heavy atom. The number of ether oxygens (including phenoxy) is 3. The molecule has 0 aromatic rings. The van der Waals surface area contributed by atoms with Gasteiger partial charge >= 0.3 is 17.9 Å². The number of carbonyl (C=O) groups excluding carboxylic acids is 3. The third-order valence-corrected chi connectivity index (χ3v) is 8.47. The Morgan fingerprint density at radius 3 is 1.09 bits per heavy atom. The van der Waals surface area contributed by atoms with Gasteiger partial charge in [-0.3, -0.25) is 14.4 Å². The topological polar surface area (TPSA) is 78.9 Å². The molecule has 0 amide bonds. The van der Waals surface area contributed by atoms with E-state index < -0.39 is 6.10 Å². The molecule has 6 heteroatoms. The Labute approximate surface area is 278 Å². The van der Waals surface area contributed by atoms with Gasteiger partial charge in [-0.25, -0.2) is 0 Å². The van der Waals surface area contributed by atoms with Crippen molar-refractivity contribution in [1.29, 1.82) is 0 Å². The van der Waals surface area contributed by atoms with Crippen molar-refractivity contribution in [3.8, 4) is 0 Å². The molecule has 0 radical (unpaired) electrons. The highest BCUT2D eigenvalue weighted by Gasteiger charge is 2.19. The van der Waals surface area contributed by atoms with Gasteiger partial charge in [0.05, 0.1) is 0 Å². The molecule has 0 aliphatic heterocycles. The molecule has 0 spiro atoms. The van der Waals surface area contributed by atoms with Gasteiger partial charge in [0, 0.05) is 19.3 Å². The molecule has 0 saturated heterocycles. The van der Waals surface area contributed by atoms with Crippen LogP contribution in [0.3, 0.4) is 0 Å². The summed E-state index contributed by atoms with van der Waals surface area (Å²) >= 11 is 0. The minimum Gasteiger partial charge on any atom is -0.462 e. The molecule has 0 aromatic heterocycles. The standard InChI is InChI=1S/C39H74O6/c1-6-7-8-17-26-31-39(42)45-36(33-44-38(41)30-25-21-16-15-19-23-28-35(4)5)32-43-37(40)29-24-20-14-12-10-9-11-13-18-22-27-34(2)3/h34-36H,6-33H2,1-5H3/t36-/m0/s1. The molecule has 266 valence electrons. The molecule has 0 aliphatic carbocycles. The predicted octanol–water partition coefficient (Wildman–Crippen LogP) is 11.5. The van der Waals surface area contributed by atoms with Crippen LogP contribution in [0.2, 0.25) is 0 Å². The number of esters is 3. The van der Waals surface area contributed by atoms with Crippen molar-refractivity contribution in [2.24, 2.45) is 11.8 Å². The second kappa shape index (κ2) is 32.4. The summed E-state index contributed by atoms with van der Waals surface area (Å²) in [6.07, 6.45) is 27.0. The molecule has 0 bridgehead atoms. The monoisotopic (exact) mass is 639 g/mol. The van der Waals surface area contributed by atoms with Crippen molar-refractivity contribution in [2.75, 3.05) is 13.2 Å². The third kappa shape index (κ3) is 33.6. The van der Waals surface area contributed by atoms with E-state index in [2.05, 4.69) is 34.6 Å². The van der Waals surface area contributed by atoms with Crippen molar-refractivity contribution < 1.29 is 28.6 Å². The number of hydrogen-bond acceptors (Lipinski definition) is 6. The first-order chi connectivity index (χ1) is 21.7. The molecule has 0 heterocycles. The van der Waals surface area contributed by atoms with E-state index in [-0.39, 0.29) is 31.1 Å². The molecule has 1 atom stereocenters. The lowest BCUT2D eigenvalue weighted by Crippen LogP contribution is -2.30. The SMILES string of the molecule is CCCCCCCC(=O)O[C@@H](COC(=O)CCCCCCCCCCCCC(C)C)COC(=O)CCCCCCCCC(C)C. The zero-order valence-electron chi connectivity index (χ0n) is 30.5. The smallest absolute Gasteiger partial charge is 0.306 e. The molecule has 0 rings (SSSR count). The summed E-state index contributed by atoms with van der Waals surface area (Å²) in [5.74, 6) is 0.696. The van der Waals surface area contributed by atoms with E-state index in [0.29, 0.717) is 19.3 Å². The van der Waals surface area contributed by atoms with Gasteiger partial charge in [-0.15, -0.1) is 0 Å². The quantitative estimate of drug-likeness (QED) is 0.0404. The Bertz CT molecular complexity index is 689.